The second-order valence-corrected chi connectivity index (χ2v) is 6.36. The number of carbonyl (C=O) groups excluding carboxylic acids is 3. The van der Waals surface area contributed by atoms with E-state index in [0.717, 1.165) is 12.8 Å². The molecule has 9 nitrogen and oxygen atoms in total. The lowest BCUT2D eigenvalue weighted by molar-refractivity contribution is -0.194. The molecule has 164 valence electrons. The zero-order valence-electron chi connectivity index (χ0n) is 17.4. The van der Waals surface area contributed by atoms with Crippen molar-refractivity contribution in [2.45, 2.75) is 77.7 Å². The molecule has 0 aromatic heterocycles. The Morgan fingerprint density at radius 1 is 1.07 bits per heavy atom. The van der Waals surface area contributed by atoms with Crippen molar-refractivity contribution in [2.24, 2.45) is 0 Å². The summed E-state index contributed by atoms with van der Waals surface area (Å²) < 4.78 is 20.6. The Labute approximate surface area is 167 Å². The summed E-state index contributed by atoms with van der Waals surface area (Å²) in [4.78, 5) is 35.3. The Morgan fingerprint density at radius 2 is 1.79 bits per heavy atom. The van der Waals surface area contributed by atoms with E-state index in [1.807, 2.05) is 13.8 Å². The van der Waals surface area contributed by atoms with Gasteiger partial charge in [0.05, 0.1) is 19.3 Å². The van der Waals surface area contributed by atoms with Gasteiger partial charge in [-0.05, 0) is 26.2 Å². The number of methoxy groups -OCH3 is 1. The molecule has 0 aliphatic carbocycles. The Hall–Kier alpha value is -1.71. The molecular weight excluding hydrogens is 370 g/mol. The van der Waals surface area contributed by atoms with Gasteiger partial charge in [-0.3, -0.25) is 9.59 Å². The van der Waals surface area contributed by atoms with Crippen molar-refractivity contribution in [1.29, 1.82) is 0 Å². The van der Waals surface area contributed by atoms with Crippen LogP contribution in [0.1, 0.15) is 59.3 Å². The molecule has 1 amide bonds. The van der Waals surface area contributed by atoms with Crippen LogP contribution in [0.5, 0.6) is 0 Å². The van der Waals surface area contributed by atoms with Gasteiger partial charge in [-0.1, -0.05) is 20.3 Å². The quantitative estimate of drug-likeness (QED) is 0.224. The molecule has 0 spiro atoms. The van der Waals surface area contributed by atoms with E-state index >= 15 is 0 Å². The molecule has 0 aromatic rings. The third kappa shape index (κ3) is 12.6. The maximum atomic E-state index is 11.8. The predicted octanol–water partition coefficient (Wildman–Crippen LogP) is 1.31. The minimum absolute atomic E-state index is 0.0520. The monoisotopic (exact) mass is 405 g/mol. The molecule has 0 saturated heterocycles. The van der Waals surface area contributed by atoms with E-state index in [0.29, 0.717) is 13.0 Å². The molecule has 0 radical (unpaired) electrons. The molecule has 0 aromatic carbocycles. The first-order chi connectivity index (χ1) is 13.4. The van der Waals surface area contributed by atoms with Gasteiger partial charge in [0.2, 0.25) is 5.91 Å². The minimum Gasteiger partial charge on any atom is -0.464 e. The molecule has 0 heterocycles. The van der Waals surface area contributed by atoms with Crippen molar-refractivity contribution in [3.05, 3.63) is 0 Å². The zero-order valence-corrected chi connectivity index (χ0v) is 17.4. The van der Waals surface area contributed by atoms with E-state index in [1.165, 1.54) is 7.11 Å². The van der Waals surface area contributed by atoms with Gasteiger partial charge >= 0.3 is 11.9 Å². The van der Waals surface area contributed by atoms with Gasteiger partial charge in [0, 0.05) is 20.0 Å². The van der Waals surface area contributed by atoms with Crippen LogP contribution in [0.4, 0.5) is 0 Å². The smallest absolute Gasteiger partial charge is 0.328 e. The Bertz CT molecular complexity index is 453. The summed E-state index contributed by atoms with van der Waals surface area (Å²) >= 11 is 0. The van der Waals surface area contributed by atoms with Crippen molar-refractivity contribution in [1.82, 2.24) is 5.32 Å². The lowest BCUT2D eigenvalue weighted by atomic mass is 10.2. The van der Waals surface area contributed by atoms with Crippen LogP contribution in [-0.2, 0) is 33.3 Å². The first-order valence-corrected chi connectivity index (χ1v) is 9.78. The number of unbranched alkanes of at least 4 members (excludes halogenated alkanes) is 1. The topological polar surface area (TPSA) is 120 Å². The van der Waals surface area contributed by atoms with E-state index < -0.39 is 24.3 Å². The lowest BCUT2D eigenvalue weighted by Crippen LogP contribution is -2.39. The molecule has 2 N–H and O–H groups in total. The van der Waals surface area contributed by atoms with Crippen LogP contribution in [0.15, 0.2) is 0 Å². The average molecular weight is 405 g/mol. The number of aliphatic hydroxyl groups excluding tert-OH is 1. The molecule has 0 bridgehead atoms. The fraction of sp³-hybridized carbons (Fsp3) is 0.842. The van der Waals surface area contributed by atoms with Gasteiger partial charge in [-0.2, -0.15) is 0 Å². The third-order valence-electron chi connectivity index (χ3n) is 3.90. The summed E-state index contributed by atoms with van der Waals surface area (Å²) in [6.07, 6.45) is 1.58. The number of esters is 2. The molecule has 0 aliphatic rings. The number of aliphatic hydroxyl groups is 1. The Morgan fingerprint density at radius 3 is 2.36 bits per heavy atom. The predicted molar refractivity (Wildman–Crippen MR) is 101 cm³/mol. The molecule has 3 atom stereocenters. The van der Waals surface area contributed by atoms with Crippen molar-refractivity contribution < 1.29 is 38.4 Å². The third-order valence-corrected chi connectivity index (χ3v) is 3.90. The van der Waals surface area contributed by atoms with Crippen LogP contribution in [0.3, 0.4) is 0 Å². The first kappa shape index (κ1) is 26.3. The van der Waals surface area contributed by atoms with Gasteiger partial charge < -0.3 is 29.4 Å². The van der Waals surface area contributed by atoms with Crippen LogP contribution in [0, 0.1) is 0 Å². The highest BCUT2D eigenvalue weighted by Crippen LogP contribution is 2.06. The van der Waals surface area contributed by atoms with Gasteiger partial charge in [0.25, 0.3) is 0 Å². The van der Waals surface area contributed by atoms with Crippen LogP contribution in [0.2, 0.25) is 0 Å². The van der Waals surface area contributed by atoms with Crippen LogP contribution in [-0.4, -0.2) is 68.3 Å². The molecule has 28 heavy (non-hydrogen) atoms. The van der Waals surface area contributed by atoms with Crippen molar-refractivity contribution in [3.8, 4) is 0 Å². The van der Waals surface area contributed by atoms with E-state index in [-0.39, 0.29) is 44.5 Å². The van der Waals surface area contributed by atoms with Crippen molar-refractivity contribution in [3.63, 3.8) is 0 Å². The summed E-state index contributed by atoms with van der Waals surface area (Å²) in [5, 5.41) is 11.7. The van der Waals surface area contributed by atoms with Crippen LogP contribution >= 0.6 is 0 Å². The van der Waals surface area contributed by atoms with Crippen molar-refractivity contribution >= 4 is 17.8 Å². The molecule has 0 saturated carbocycles. The molecule has 0 rings (SSSR count). The molecule has 0 fully saturated rings. The number of amides is 1. The number of rotatable bonds is 16. The minimum atomic E-state index is -0.760. The molecule has 9 heteroatoms. The summed E-state index contributed by atoms with van der Waals surface area (Å²) in [5.74, 6) is -1.29. The van der Waals surface area contributed by atoms with Gasteiger partial charge in [-0.25, -0.2) is 4.79 Å². The number of hydrogen-bond donors (Lipinski definition) is 2. The fourth-order valence-electron chi connectivity index (χ4n) is 2.09. The van der Waals surface area contributed by atoms with E-state index in [1.54, 1.807) is 6.92 Å². The highest BCUT2D eigenvalue weighted by molar-refractivity contribution is 5.84. The summed E-state index contributed by atoms with van der Waals surface area (Å²) in [6.45, 7) is 5.49. The van der Waals surface area contributed by atoms with Crippen LogP contribution in [0.25, 0.3) is 0 Å². The first-order valence-electron chi connectivity index (χ1n) is 9.78. The van der Waals surface area contributed by atoms with E-state index in [2.05, 4.69) is 5.32 Å². The molecule has 0 aliphatic heterocycles. The lowest BCUT2D eigenvalue weighted by Gasteiger charge is -2.21. The fourth-order valence-corrected chi connectivity index (χ4v) is 2.09. The average Bonchev–Trinajstić information content (AvgIpc) is 2.68. The number of hydrogen-bond acceptors (Lipinski definition) is 8. The molecule has 2 unspecified atom stereocenters. The van der Waals surface area contributed by atoms with E-state index in [4.69, 9.17) is 24.1 Å². The molecular formula is C19H35NO8. The summed E-state index contributed by atoms with van der Waals surface area (Å²) in [6, 6.07) is -0.728. The standard InChI is InChI=1S/C19H35NO8/c1-5-7-11-26-19(24)14(3)20-16(22)9-8-10-17(23)27-13-18(25-4)28-15(6-2)12-21/h14-15,18,21H,5-13H2,1-4H3,(H,20,22)/t14-,15?,18?/m0/s1. The Kier molecular flexibility index (Phi) is 15.3. The normalized spacial score (nSPS) is 14.0. The maximum Gasteiger partial charge on any atom is 0.328 e. The summed E-state index contributed by atoms with van der Waals surface area (Å²) in [7, 11) is 1.42. The van der Waals surface area contributed by atoms with E-state index in [9.17, 15) is 14.4 Å². The van der Waals surface area contributed by atoms with Crippen molar-refractivity contribution in [2.75, 3.05) is 26.9 Å². The Balaban J connectivity index is 4.00. The highest BCUT2D eigenvalue weighted by Gasteiger charge is 2.18. The van der Waals surface area contributed by atoms with Gasteiger partial charge in [0.1, 0.15) is 12.6 Å². The second kappa shape index (κ2) is 16.3. The number of ether oxygens (including phenoxy) is 4. The van der Waals surface area contributed by atoms with Gasteiger partial charge in [-0.15, -0.1) is 0 Å². The summed E-state index contributed by atoms with van der Waals surface area (Å²) in [5.41, 5.74) is 0. The number of nitrogens with one attached hydrogen (secondary N) is 1. The SMILES string of the molecule is CCCCOC(=O)[C@H](C)NC(=O)CCCC(=O)OCC(OC)OC(CC)CO. The van der Waals surface area contributed by atoms with Gasteiger partial charge in [0.15, 0.2) is 6.29 Å². The number of carbonyl (C=O) groups is 3. The largest absolute Gasteiger partial charge is 0.464 e. The van der Waals surface area contributed by atoms with Crippen LogP contribution < -0.4 is 5.32 Å². The zero-order chi connectivity index (χ0) is 21.4. The second-order valence-electron chi connectivity index (χ2n) is 6.36. The maximum absolute atomic E-state index is 11.8. The highest BCUT2D eigenvalue weighted by atomic mass is 16.7.